The first-order valence-electron chi connectivity index (χ1n) is 15.8. The van der Waals surface area contributed by atoms with Crippen molar-refractivity contribution >= 4 is 30.8 Å². The summed E-state index contributed by atoms with van der Waals surface area (Å²) in [5.74, 6) is 0.571. The number of nitrogens with one attached hydrogen (secondary N) is 1. The fourth-order valence-electron chi connectivity index (χ4n) is 6.72. The molecule has 0 radical (unpaired) electrons. The highest BCUT2D eigenvalue weighted by molar-refractivity contribution is 6.91. The van der Waals surface area contributed by atoms with Gasteiger partial charge in [-0.25, -0.2) is 0 Å². The maximum Gasteiger partial charge on any atom is 0.252 e. The molecule has 0 aliphatic carbocycles. The van der Waals surface area contributed by atoms with Crippen molar-refractivity contribution < 1.29 is 29.3 Å². The van der Waals surface area contributed by atoms with Crippen LogP contribution >= 0.6 is 0 Å². The topological polar surface area (TPSA) is 108 Å². The van der Waals surface area contributed by atoms with E-state index < -0.39 is 20.1 Å². The Morgan fingerprint density at radius 3 is 2.33 bits per heavy atom. The van der Waals surface area contributed by atoms with Crippen molar-refractivity contribution in [2.24, 2.45) is 5.92 Å². The fraction of sp³-hybridized carbons (Fsp3) is 0.444. The molecule has 242 valence electrons. The minimum Gasteiger partial charge on any atom is -0.497 e. The summed E-state index contributed by atoms with van der Waals surface area (Å²) in [5, 5.41) is 23.4. The summed E-state index contributed by atoms with van der Waals surface area (Å²) in [4.78, 5) is 27.6. The highest BCUT2D eigenvalue weighted by atomic mass is 28.3. The Labute approximate surface area is 268 Å². The third kappa shape index (κ3) is 8.82. The third-order valence-corrected chi connectivity index (χ3v) is 13.6. The van der Waals surface area contributed by atoms with E-state index in [0.29, 0.717) is 12.2 Å². The van der Waals surface area contributed by atoms with Crippen molar-refractivity contribution in [1.82, 2.24) is 4.90 Å². The van der Waals surface area contributed by atoms with Crippen LogP contribution in [0.3, 0.4) is 0 Å². The van der Waals surface area contributed by atoms with Crippen molar-refractivity contribution in [3.05, 3.63) is 90.0 Å². The van der Waals surface area contributed by atoms with Gasteiger partial charge in [0.25, 0.3) is 5.91 Å². The molecule has 3 aromatic carbocycles. The minimum atomic E-state index is -2.16. The number of ether oxygens (including phenoxy) is 2. The van der Waals surface area contributed by atoms with Gasteiger partial charge in [-0.05, 0) is 66.6 Å². The summed E-state index contributed by atoms with van der Waals surface area (Å²) in [7, 11) is -0.495. The second-order valence-corrected chi connectivity index (χ2v) is 17.4. The molecular weight excluding hydrogens is 584 g/mol. The predicted octanol–water partition coefficient (Wildman–Crippen LogP) is 4.75. The molecule has 0 unspecified atom stereocenters. The number of nitrogens with zero attached hydrogens (tertiary/aromatic N) is 1. The maximum atomic E-state index is 13.8. The fourth-order valence-corrected chi connectivity index (χ4v) is 10.8. The van der Waals surface area contributed by atoms with E-state index in [1.54, 1.807) is 12.0 Å². The summed E-state index contributed by atoms with van der Waals surface area (Å²) in [6.45, 7) is 9.04. The van der Waals surface area contributed by atoms with Crippen molar-refractivity contribution in [2.75, 3.05) is 25.6 Å². The number of methoxy groups -OCH3 is 1. The number of hydrogen-bond acceptors (Lipinski definition) is 6. The van der Waals surface area contributed by atoms with Gasteiger partial charge in [-0.15, -0.1) is 0 Å². The van der Waals surface area contributed by atoms with E-state index in [1.165, 1.54) is 12.1 Å². The molecule has 0 saturated carbocycles. The van der Waals surface area contributed by atoms with E-state index in [9.17, 15) is 19.8 Å². The number of hydrogen-bond donors (Lipinski definition) is 3. The van der Waals surface area contributed by atoms with Crippen LogP contribution in [-0.2, 0) is 27.3 Å². The number of rotatable bonds is 14. The Bertz CT molecular complexity index is 1400. The maximum absolute atomic E-state index is 13.8. The lowest BCUT2D eigenvalue weighted by Gasteiger charge is -2.36. The molecule has 45 heavy (non-hydrogen) atoms. The van der Waals surface area contributed by atoms with Gasteiger partial charge in [0.1, 0.15) is 11.9 Å². The third-order valence-electron chi connectivity index (χ3n) is 9.18. The molecule has 1 fully saturated rings. The molecule has 1 aliphatic heterocycles. The molecule has 4 rings (SSSR count). The summed E-state index contributed by atoms with van der Waals surface area (Å²) >= 11 is 0. The number of aryl methyl sites for hydroxylation is 1. The largest absolute Gasteiger partial charge is 0.497 e. The lowest BCUT2D eigenvalue weighted by atomic mass is 9.95. The molecule has 0 aromatic heterocycles. The van der Waals surface area contributed by atoms with Crippen LogP contribution in [0.1, 0.15) is 37.8 Å². The zero-order valence-electron chi connectivity index (χ0n) is 27.1. The number of aliphatic hydroxyl groups excluding tert-OH is 2. The zero-order valence-corrected chi connectivity index (χ0v) is 28.1. The molecule has 1 heterocycles. The van der Waals surface area contributed by atoms with Gasteiger partial charge in [-0.3, -0.25) is 9.59 Å². The molecule has 9 heteroatoms. The van der Waals surface area contributed by atoms with Crippen molar-refractivity contribution in [3.8, 4) is 5.75 Å². The van der Waals surface area contributed by atoms with E-state index >= 15 is 0 Å². The van der Waals surface area contributed by atoms with Crippen LogP contribution < -0.4 is 15.2 Å². The minimum absolute atomic E-state index is 0.0168. The molecule has 0 spiro atoms. The van der Waals surface area contributed by atoms with Crippen LogP contribution in [-0.4, -0.2) is 73.6 Å². The van der Waals surface area contributed by atoms with E-state index in [1.807, 2.05) is 66.7 Å². The summed E-state index contributed by atoms with van der Waals surface area (Å²) in [6.07, 6.45) is 0.385. The van der Waals surface area contributed by atoms with E-state index in [0.717, 1.165) is 29.7 Å². The van der Waals surface area contributed by atoms with Gasteiger partial charge < -0.3 is 29.9 Å². The SMILES string of the molecule is COc1ccc([Si](C)(C)[C@@H]2[C@@H](C)[C@@H](CCc3cccc(NC(=O)[C@H](C)O)c3)O[C@H]2CC(=O)N(CCO)Cc2ccccc2)cc1. The molecule has 3 aromatic rings. The number of aliphatic hydroxyl groups is 2. The van der Waals surface area contributed by atoms with Crippen molar-refractivity contribution in [3.63, 3.8) is 0 Å². The highest BCUT2D eigenvalue weighted by Crippen LogP contribution is 2.46. The second-order valence-electron chi connectivity index (χ2n) is 12.7. The number of carbonyl (C=O) groups excluding carboxylic acids is 2. The average molecular weight is 633 g/mol. The first kappa shape index (κ1) is 34.4. The van der Waals surface area contributed by atoms with Crippen LogP contribution in [0.25, 0.3) is 0 Å². The predicted molar refractivity (Wildman–Crippen MR) is 180 cm³/mol. The molecule has 3 N–H and O–H groups in total. The molecule has 1 saturated heterocycles. The van der Waals surface area contributed by atoms with Gasteiger partial charge in [0.15, 0.2) is 0 Å². The second kappa shape index (κ2) is 15.7. The van der Waals surface area contributed by atoms with E-state index in [2.05, 4.69) is 37.5 Å². The van der Waals surface area contributed by atoms with Gasteiger partial charge in [-0.1, -0.05) is 79.8 Å². The van der Waals surface area contributed by atoms with Gasteiger partial charge in [0, 0.05) is 18.8 Å². The zero-order chi connectivity index (χ0) is 32.6. The van der Waals surface area contributed by atoms with Crippen LogP contribution in [0, 0.1) is 5.92 Å². The average Bonchev–Trinajstić information content (AvgIpc) is 3.35. The smallest absolute Gasteiger partial charge is 0.252 e. The van der Waals surface area contributed by atoms with Crippen molar-refractivity contribution in [2.45, 2.75) is 76.6 Å². The monoisotopic (exact) mass is 632 g/mol. The van der Waals surface area contributed by atoms with Gasteiger partial charge >= 0.3 is 0 Å². The lowest BCUT2D eigenvalue weighted by Crippen LogP contribution is -2.51. The number of anilines is 1. The Balaban J connectivity index is 1.55. The van der Waals surface area contributed by atoms with E-state index in [4.69, 9.17) is 9.47 Å². The molecular formula is C36H48N2O6Si. The first-order valence-corrected chi connectivity index (χ1v) is 18.9. The molecule has 0 bridgehead atoms. The van der Waals surface area contributed by atoms with Crippen molar-refractivity contribution in [1.29, 1.82) is 0 Å². The molecule has 5 atom stereocenters. The molecule has 2 amide bonds. The highest BCUT2D eigenvalue weighted by Gasteiger charge is 2.51. The number of benzene rings is 3. The van der Waals surface area contributed by atoms with Gasteiger partial charge in [0.05, 0.1) is 40.4 Å². The Hall–Kier alpha value is -3.50. The summed E-state index contributed by atoms with van der Waals surface area (Å²) in [5.41, 5.74) is 2.92. The Morgan fingerprint density at radius 2 is 1.69 bits per heavy atom. The molecule has 8 nitrogen and oxygen atoms in total. The normalized spacial score (nSPS) is 20.4. The van der Waals surface area contributed by atoms with Gasteiger partial charge in [-0.2, -0.15) is 0 Å². The quantitative estimate of drug-likeness (QED) is 0.222. The van der Waals surface area contributed by atoms with Crippen LogP contribution in [0.15, 0.2) is 78.9 Å². The van der Waals surface area contributed by atoms with Crippen LogP contribution in [0.4, 0.5) is 5.69 Å². The summed E-state index contributed by atoms with van der Waals surface area (Å²) in [6, 6.07) is 25.9. The Morgan fingerprint density at radius 1 is 1.00 bits per heavy atom. The lowest BCUT2D eigenvalue weighted by molar-refractivity contribution is -0.135. The molecule has 1 aliphatic rings. The number of amides is 2. The number of carbonyl (C=O) groups is 2. The van der Waals surface area contributed by atoms with Crippen LogP contribution in [0.2, 0.25) is 18.6 Å². The standard InChI is InChI=1S/C36H48N2O6Si/c1-25-32(19-14-27-12-9-13-29(22-27)37-36(42)26(2)40)44-33(35(25)45(4,5)31-17-15-30(43-3)16-18-31)23-34(41)38(20-21-39)24-28-10-7-6-8-11-28/h6-13,15-18,22,25-26,32-33,35,39-40H,14,19-21,23-24H2,1-5H3,(H,37,42)/t25-,26-,32+,33-,35+/m0/s1. The first-order chi connectivity index (χ1) is 21.5. The van der Waals surface area contributed by atoms with Crippen LogP contribution in [0.5, 0.6) is 5.75 Å². The van der Waals surface area contributed by atoms with E-state index in [-0.39, 0.29) is 49.1 Å². The van der Waals surface area contributed by atoms with Gasteiger partial charge in [0.2, 0.25) is 5.91 Å². The Kier molecular flexibility index (Phi) is 12.0. The summed E-state index contributed by atoms with van der Waals surface area (Å²) < 4.78 is 12.3.